The first-order valence-corrected chi connectivity index (χ1v) is 7.60. The van der Waals surface area contributed by atoms with Gasteiger partial charge in [0.25, 0.3) is 11.6 Å². The van der Waals surface area contributed by atoms with Crippen molar-refractivity contribution in [2.45, 2.75) is 12.5 Å². The minimum Gasteiger partial charge on any atom is -0.368 e. The molecule has 1 heterocycles. The number of hydrogen-bond donors (Lipinski definition) is 1. The van der Waals surface area contributed by atoms with Crippen LogP contribution in [0.1, 0.15) is 11.1 Å². The highest BCUT2D eigenvalue weighted by Crippen LogP contribution is 2.32. The van der Waals surface area contributed by atoms with Crippen LogP contribution in [0.3, 0.4) is 0 Å². The highest BCUT2D eigenvalue weighted by molar-refractivity contribution is 6.09. The van der Waals surface area contributed by atoms with E-state index in [9.17, 15) is 19.7 Å². The molecule has 0 fully saturated rings. The highest BCUT2D eigenvalue weighted by Gasteiger charge is 2.36. The van der Waals surface area contributed by atoms with Crippen molar-refractivity contribution in [1.29, 1.82) is 0 Å². The molecule has 0 unspecified atom stereocenters. The number of rotatable bonds is 4. The van der Waals surface area contributed by atoms with E-state index in [2.05, 4.69) is 0 Å². The lowest BCUT2D eigenvalue weighted by molar-refractivity contribution is -0.384. The first-order chi connectivity index (χ1) is 12.0. The Morgan fingerprint density at radius 3 is 2.48 bits per heavy atom. The normalized spacial score (nSPS) is 16.0. The van der Waals surface area contributed by atoms with Crippen molar-refractivity contribution >= 4 is 29.3 Å². The maximum absolute atomic E-state index is 12.6. The van der Waals surface area contributed by atoms with E-state index in [0.29, 0.717) is 17.7 Å². The molecule has 0 saturated heterocycles. The first kappa shape index (κ1) is 16.4. The van der Waals surface area contributed by atoms with Crippen LogP contribution in [0.25, 0.3) is 6.08 Å². The smallest absolute Gasteiger partial charge is 0.269 e. The lowest BCUT2D eigenvalue weighted by atomic mass is 10.1. The largest absolute Gasteiger partial charge is 0.368 e. The zero-order chi connectivity index (χ0) is 18.0. The van der Waals surface area contributed by atoms with Crippen LogP contribution in [0, 0.1) is 10.1 Å². The van der Waals surface area contributed by atoms with Crippen molar-refractivity contribution in [3.05, 3.63) is 75.8 Å². The van der Waals surface area contributed by atoms with E-state index in [1.165, 1.54) is 23.1 Å². The van der Waals surface area contributed by atoms with Crippen molar-refractivity contribution in [2.75, 3.05) is 4.90 Å². The molecule has 1 atom stereocenters. The van der Waals surface area contributed by atoms with Crippen molar-refractivity contribution in [2.24, 2.45) is 5.73 Å². The molecule has 0 aliphatic carbocycles. The van der Waals surface area contributed by atoms with Gasteiger partial charge >= 0.3 is 0 Å². The summed E-state index contributed by atoms with van der Waals surface area (Å²) in [5.74, 6) is -0.930. The predicted octanol–water partition coefficient (Wildman–Crippen LogP) is 2.05. The van der Waals surface area contributed by atoms with Gasteiger partial charge < -0.3 is 5.73 Å². The molecule has 2 N–H and O–H groups in total. The maximum atomic E-state index is 12.6. The Labute approximate surface area is 143 Å². The van der Waals surface area contributed by atoms with E-state index >= 15 is 0 Å². The molecule has 7 heteroatoms. The number of anilines is 1. The molecule has 0 spiro atoms. The van der Waals surface area contributed by atoms with Gasteiger partial charge in [0, 0.05) is 30.3 Å². The van der Waals surface area contributed by atoms with Gasteiger partial charge in [-0.2, -0.15) is 0 Å². The average molecular weight is 337 g/mol. The second-order valence-corrected chi connectivity index (χ2v) is 5.64. The van der Waals surface area contributed by atoms with Gasteiger partial charge in [0.2, 0.25) is 5.91 Å². The van der Waals surface area contributed by atoms with Crippen molar-refractivity contribution in [1.82, 2.24) is 0 Å². The van der Waals surface area contributed by atoms with Gasteiger partial charge in [-0.05, 0) is 35.4 Å². The van der Waals surface area contributed by atoms with E-state index in [0.717, 1.165) is 5.56 Å². The third-order valence-electron chi connectivity index (χ3n) is 4.06. The van der Waals surface area contributed by atoms with Gasteiger partial charge in [0.1, 0.15) is 6.04 Å². The fourth-order valence-electron chi connectivity index (χ4n) is 2.84. The highest BCUT2D eigenvalue weighted by atomic mass is 16.6. The lowest BCUT2D eigenvalue weighted by Crippen LogP contribution is -2.45. The number of carbonyl (C=O) groups is 2. The number of para-hydroxylation sites is 1. The van der Waals surface area contributed by atoms with Gasteiger partial charge in [-0.3, -0.25) is 24.6 Å². The fourth-order valence-corrected chi connectivity index (χ4v) is 2.84. The lowest BCUT2D eigenvalue weighted by Gasteiger charge is -2.21. The fraction of sp³-hybridized carbons (Fsp3) is 0.111. The summed E-state index contributed by atoms with van der Waals surface area (Å²) in [6.45, 7) is 0. The predicted molar refractivity (Wildman–Crippen MR) is 92.7 cm³/mol. The third-order valence-corrected chi connectivity index (χ3v) is 4.06. The zero-order valence-electron chi connectivity index (χ0n) is 13.2. The van der Waals surface area contributed by atoms with Crippen LogP contribution in [0.4, 0.5) is 11.4 Å². The van der Waals surface area contributed by atoms with Crippen LogP contribution in [-0.4, -0.2) is 22.8 Å². The van der Waals surface area contributed by atoms with Crippen molar-refractivity contribution in [3.63, 3.8) is 0 Å². The van der Waals surface area contributed by atoms with Gasteiger partial charge in [-0.25, -0.2) is 0 Å². The van der Waals surface area contributed by atoms with Crippen LogP contribution in [0.5, 0.6) is 0 Å². The quantitative estimate of drug-likeness (QED) is 0.523. The minimum atomic E-state index is -0.716. The van der Waals surface area contributed by atoms with Crippen LogP contribution in [0.15, 0.2) is 54.6 Å². The van der Waals surface area contributed by atoms with E-state index in [-0.39, 0.29) is 11.6 Å². The molecule has 1 aliphatic rings. The van der Waals surface area contributed by atoms with Gasteiger partial charge in [0.15, 0.2) is 0 Å². The number of non-ortho nitro benzene ring substituents is 1. The number of nitrogens with two attached hydrogens (primary N) is 1. The Morgan fingerprint density at radius 2 is 1.84 bits per heavy atom. The summed E-state index contributed by atoms with van der Waals surface area (Å²) in [5, 5.41) is 10.7. The average Bonchev–Trinajstić information content (AvgIpc) is 3.00. The number of benzene rings is 2. The Kier molecular flexibility index (Phi) is 4.30. The summed E-state index contributed by atoms with van der Waals surface area (Å²) in [7, 11) is 0. The topological polar surface area (TPSA) is 107 Å². The molecule has 2 aromatic rings. The van der Waals surface area contributed by atoms with Crippen LogP contribution in [-0.2, 0) is 16.0 Å². The first-order valence-electron chi connectivity index (χ1n) is 7.60. The monoisotopic (exact) mass is 337 g/mol. The summed E-state index contributed by atoms with van der Waals surface area (Å²) >= 11 is 0. The molecule has 0 aromatic heterocycles. The van der Waals surface area contributed by atoms with Gasteiger partial charge in [-0.15, -0.1) is 0 Å². The summed E-state index contributed by atoms with van der Waals surface area (Å²) in [6.07, 6.45) is 3.27. The molecule has 2 amide bonds. The Morgan fingerprint density at radius 1 is 1.16 bits per heavy atom. The van der Waals surface area contributed by atoms with Gasteiger partial charge in [0.05, 0.1) is 4.92 Å². The number of fused-ring (bicyclic) bond motifs is 1. The van der Waals surface area contributed by atoms with Gasteiger partial charge in [-0.1, -0.05) is 18.2 Å². The molecule has 1 aliphatic heterocycles. The van der Waals surface area contributed by atoms with Crippen molar-refractivity contribution in [3.8, 4) is 0 Å². The van der Waals surface area contributed by atoms with Crippen LogP contribution >= 0.6 is 0 Å². The summed E-state index contributed by atoms with van der Waals surface area (Å²) < 4.78 is 0. The SMILES string of the molecule is NC(=O)[C@H]1Cc2ccccc2N1C(=O)/C=C\c1ccc([N+](=O)[O-])cc1. The van der Waals surface area contributed by atoms with E-state index < -0.39 is 16.9 Å². The molecular weight excluding hydrogens is 322 g/mol. The summed E-state index contributed by atoms with van der Waals surface area (Å²) in [6, 6.07) is 12.4. The van der Waals surface area contributed by atoms with Crippen molar-refractivity contribution < 1.29 is 14.5 Å². The number of primary amides is 1. The zero-order valence-corrected chi connectivity index (χ0v) is 13.2. The van der Waals surface area contributed by atoms with E-state index in [4.69, 9.17) is 5.73 Å². The maximum Gasteiger partial charge on any atom is 0.269 e. The molecule has 126 valence electrons. The Hall–Kier alpha value is -3.48. The Balaban J connectivity index is 1.83. The molecular formula is C18H15N3O4. The molecule has 0 bridgehead atoms. The molecule has 3 rings (SSSR count). The second kappa shape index (κ2) is 6.56. The molecule has 7 nitrogen and oxygen atoms in total. The molecule has 25 heavy (non-hydrogen) atoms. The van der Waals surface area contributed by atoms with E-state index in [1.54, 1.807) is 30.3 Å². The standard InChI is InChI=1S/C18H15N3O4/c19-18(23)16-11-13-3-1-2-4-15(13)20(16)17(22)10-7-12-5-8-14(9-6-12)21(24)25/h1-10,16H,11H2,(H2,19,23)/b10-7-/t16-/m1/s1. The third kappa shape index (κ3) is 3.25. The second-order valence-electron chi connectivity index (χ2n) is 5.64. The van der Waals surface area contributed by atoms with Crippen LogP contribution in [0.2, 0.25) is 0 Å². The Bertz CT molecular complexity index is 874. The molecule has 2 aromatic carbocycles. The van der Waals surface area contributed by atoms with E-state index in [1.807, 2.05) is 12.1 Å². The number of nitro groups is 1. The number of nitro benzene ring substituents is 1. The number of hydrogen-bond acceptors (Lipinski definition) is 4. The van der Waals surface area contributed by atoms with Crippen LogP contribution < -0.4 is 10.6 Å². The molecule has 0 saturated carbocycles. The number of nitrogens with zero attached hydrogens (tertiary/aromatic N) is 2. The summed E-state index contributed by atoms with van der Waals surface area (Å²) in [4.78, 5) is 35.8. The number of amides is 2. The summed E-state index contributed by atoms with van der Waals surface area (Å²) in [5.41, 5.74) is 7.62. The molecule has 0 radical (unpaired) electrons. The number of carbonyl (C=O) groups excluding carboxylic acids is 2. The minimum absolute atomic E-state index is 0.0225.